The van der Waals surface area contributed by atoms with Gasteiger partial charge in [-0.15, -0.1) is 0 Å². The smallest absolute Gasteiger partial charge is 0.361 e. The molecule has 1 aromatic carbocycles. The average molecular weight is 488 g/mol. The molecule has 2 aliphatic rings. The first-order valence-electron chi connectivity index (χ1n) is 11.1. The molecule has 2 aliphatic carbocycles. The number of carbonyl (C=O) groups excluding carboxylic acids is 1. The number of nitrogens with one attached hydrogen (secondary N) is 2. The summed E-state index contributed by atoms with van der Waals surface area (Å²) in [6.45, 7) is -2.01. The van der Waals surface area contributed by atoms with Gasteiger partial charge in [-0.25, -0.2) is 4.79 Å². The maximum absolute atomic E-state index is 12.9. The Bertz CT molecular complexity index is 1090. The van der Waals surface area contributed by atoms with Crippen LogP contribution in [0.25, 0.3) is 16.5 Å². The Morgan fingerprint density at radius 3 is 2.50 bits per heavy atom. The Morgan fingerprint density at radius 2 is 1.88 bits per heavy atom. The molecule has 3 atom stereocenters. The van der Waals surface area contributed by atoms with E-state index < -0.39 is 43.1 Å². The van der Waals surface area contributed by atoms with Gasteiger partial charge in [-0.2, -0.15) is 26.3 Å². The van der Waals surface area contributed by atoms with Crippen molar-refractivity contribution in [1.82, 2.24) is 15.2 Å². The number of alkyl halides is 6. The van der Waals surface area contributed by atoms with E-state index in [1.807, 2.05) is 31.3 Å². The zero-order valence-corrected chi connectivity index (χ0v) is 18.5. The molecule has 1 heterocycles. The van der Waals surface area contributed by atoms with Gasteiger partial charge < -0.3 is 20.9 Å². The number of nitrogens with zero attached hydrogens (tertiary/aromatic N) is 1. The molecular formula is C23H26F6N4O. The number of fused-ring (bicyclic) bond motifs is 2. The van der Waals surface area contributed by atoms with Crippen LogP contribution in [-0.4, -0.2) is 52.9 Å². The third-order valence-corrected chi connectivity index (χ3v) is 6.67. The number of carbonyl (C=O) groups is 1. The summed E-state index contributed by atoms with van der Waals surface area (Å²) < 4.78 is 77.2. The highest BCUT2D eigenvalue weighted by molar-refractivity contribution is 5.99. The van der Waals surface area contributed by atoms with Gasteiger partial charge in [0.15, 0.2) is 0 Å². The van der Waals surface area contributed by atoms with Gasteiger partial charge in [0.2, 0.25) is 0 Å². The zero-order valence-electron chi connectivity index (χ0n) is 18.5. The molecule has 0 spiro atoms. The molecule has 11 heteroatoms. The van der Waals surface area contributed by atoms with Crippen LogP contribution < -0.4 is 11.1 Å². The number of aromatic nitrogens is 1. The molecule has 186 valence electrons. The van der Waals surface area contributed by atoms with Crippen LogP contribution >= 0.6 is 0 Å². The van der Waals surface area contributed by atoms with Gasteiger partial charge in [0.25, 0.3) is 0 Å². The van der Waals surface area contributed by atoms with Crippen LogP contribution in [0.2, 0.25) is 0 Å². The lowest BCUT2D eigenvalue weighted by atomic mass is 9.62. The van der Waals surface area contributed by atoms with E-state index in [0.717, 1.165) is 34.0 Å². The molecule has 2 amide bonds. The second-order valence-electron chi connectivity index (χ2n) is 9.20. The fourth-order valence-corrected chi connectivity index (χ4v) is 5.38. The topological polar surface area (TPSA) is 74.2 Å². The molecule has 0 fully saturated rings. The maximum atomic E-state index is 12.9. The van der Waals surface area contributed by atoms with Crippen LogP contribution in [-0.2, 0) is 6.42 Å². The molecule has 0 saturated heterocycles. The molecule has 0 bridgehead atoms. The Hall–Kier alpha value is -2.69. The molecule has 0 saturated carbocycles. The summed E-state index contributed by atoms with van der Waals surface area (Å²) in [4.78, 5) is 15.5. The summed E-state index contributed by atoms with van der Waals surface area (Å²) >= 11 is 0. The molecule has 4 N–H and O–H groups in total. The van der Waals surface area contributed by atoms with E-state index in [2.05, 4.69) is 10.3 Å². The minimum absolute atomic E-state index is 0.125. The van der Waals surface area contributed by atoms with Crippen LogP contribution in [0.1, 0.15) is 37.3 Å². The number of amides is 2. The first-order valence-corrected chi connectivity index (χ1v) is 11.1. The fraction of sp³-hybridized carbons (Fsp3) is 0.522. The molecule has 3 unspecified atom stereocenters. The summed E-state index contributed by atoms with van der Waals surface area (Å²) in [5, 5.41) is 3.39. The Labute approximate surface area is 192 Å². The first kappa shape index (κ1) is 24.4. The van der Waals surface area contributed by atoms with E-state index in [-0.39, 0.29) is 10.8 Å². The van der Waals surface area contributed by atoms with Crippen molar-refractivity contribution in [2.75, 3.05) is 13.1 Å². The summed E-state index contributed by atoms with van der Waals surface area (Å²) in [5.74, 6) is -0.125. The molecular weight excluding hydrogens is 462 g/mol. The van der Waals surface area contributed by atoms with Crippen LogP contribution in [0, 0.1) is 5.92 Å². The number of hydrogen-bond donors (Lipinski definition) is 3. The molecule has 4 rings (SSSR count). The third-order valence-electron chi connectivity index (χ3n) is 6.67. The van der Waals surface area contributed by atoms with E-state index >= 15 is 0 Å². The van der Waals surface area contributed by atoms with Crippen molar-refractivity contribution in [1.29, 1.82) is 0 Å². The van der Waals surface area contributed by atoms with Crippen molar-refractivity contribution in [2.45, 2.75) is 56.5 Å². The van der Waals surface area contributed by atoms with Crippen molar-refractivity contribution in [2.24, 2.45) is 11.7 Å². The van der Waals surface area contributed by atoms with Gasteiger partial charge in [-0.05, 0) is 47.9 Å². The van der Waals surface area contributed by atoms with Gasteiger partial charge in [0.05, 0.1) is 0 Å². The van der Waals surface area contributed by atoms with Crippen LogP contribution in [0.15, 0.2) is 30.5 Å². The molecule has 5 nitrogen and oxygen atoms in total. The Balaban J connectivity index is 1.68. The first-order chi connectivity index (χ1) is 15.8. The largest absolute Gasteiger partial charge is 0.406 e. The summed E-state index contributed by atoms with van der Waals surface area (Å²) in [6, 6.07) is 3.52. The molecule has 34 heavy (non-hydrogen) atoms. The third kappa shape index (κ3) is 4.75. The van der Waals surface area contributed by atoms with Crippen LogP contribution in [0.5, 0.6) is 0 Å². The lowest BCUT2D eigenvalue weighted by molar-refractivity contribution is -0.171. The minimum atomic E-state index is -4.96. The van der Waals surface area contributed by atoms with Crippen LogP contribution in [0.4, 0.5) is 31.1 Å². The zero-order chi connectivity index (χ0) is 24.9. The van der Waals surface area contributed by atoms with Crippen molar-refractivity contribution in [3.63, 3.8) is 0 Å². The highest BCUT2D eigenvalue weighted by Gasteiger charge is 2.47. The molecule has 2 aromatic rings. The molecule has 1 aromatic heterocycles. The summed E-state index contributed by atoms with van der Waals surface area (Å²) in [6.07, 6.45) is -3.95. The highest BCUT2D eigenvalue weighted by atomic mass is 19.4. The Morgan fingerprint density at radius 1 is 1.21 bits per heavy atom. The lowest BCUT2D eigenvalue weighted by Crippen LogP contribution is -2.57. The number of benzene rings is 1. The van der Waals surface area contributed by atoms with Crippen molar-refractivity contribution >= 4 is 22.5 Å². The van der Waals surface area contributed by atoms with E-state index in [9.17, 15) is 31.1 Å². The fourth-order valence-electron chi connectivity index (χ4n) is 5.38. The molecule has 0 radical (unpaired) electrons. The van der Waals surface area contributed by atoms with E-state index in [1.54, 1.807) is 6.08 Å². The van der Waals surface area contributed by atoms with Crippen molar-refractivity contribution in [3.8, 4) is 0 Å². The molecule has 0 aliphatic heterocycles. The van der Waals surface area contributed by atoms with E-state index in [4.69, 9.17) is 5.73 Å². The predicted octanol–water partition coefficient (Wildman–Crippen LogP) is 5.13. The maximum Gasteiger partial charge on any atom is 0.406 e. The standard InChI is InChI=1S/C23H26F6N4O/c1-2-4-14-7-15(32-20(34)33(11-22(24,25)26)12-23(27,28)29)8-17-16-5-3-6-18-19(16)13(10-31-18)9-21(14,17)30/h3,5-6,8,10,14-15,31H,2,4,7,9,11-12,30H2,1H3,(H,32,34). The number of rotatable bonds is 5. The number of halogens is 6. The Kier molecular flexibility index (Phi) is 6.12. The van der Waals surface area contributed by atoms with Gasteiger partial charge in [-0.3, -0.25) is 0 Å². The number of nitrogens with two attached hydrogens (primary N) is 1. The monoisotopic (exact) mass is 488 g/mol. The number of hydrogen-bond acceptors (Lipinski definition) is 2. The second-order valence-corrected chi connectivity index (χ2v) is 9.20. The van der Waals surface area contributed by atoms with E-state index in [0.29, 0.717) is 19.3 Å². The quantitative estimate of drug-likeness (QED) is 0.511. The van der Waals surface area contributed by atoms with Crippen molar-refractivity contribution in [3.05, 3.63) is 41.6 Å². The van der Waals surface area contributed by atoms with Gasteiger partial charge >= 0.3 is 18.4 Å². The second kappa shape index (κ2) is 8.51. The van der Waals surface area contributed by atoms with Crippen molar-refractivity contribution < 1.29 is 31.1 Å². The summed E-state index contributed by atoms with van der Waals surface area (Å²) in [7, 11) is 0. The normalized spacial score (nSPS) is 24.5. The SMILES string of the molecule is CCCC1CC(NC(=O)N(CC(F)(F)F)CC(F)(F)F)C=C2c3cccc4[nH]cc(c34)CC21N. The van der Waals surface area contributed by atoms with Gasteiger partial charge in [0.1, 0.15) is 13.1 Å². The lowest BCUT2D eigenvalue weighted by Gasteiger charge is -2.47. The van der Waals surface area contributed by atoms with E-state index in [1.165, 1.54) is 0 Å². The van der Waals surface area contributed by atoms with Crippen LogP contribution in [0.3, 0.4) is 0 Å². The van der Waals surface area contributed by atoms with Gasteiger partial charge in [-0.1, -0.05) is 31.6 Å². The predicted molar refractivity (Wildman–Crippen MR) is 116 cm³/mol. The summed E-state index contributed by atoms with van der Waals surface area (Å²) in [5.41, 5.74) is 9.81. The number of aromatic amines is 1. The average Bonchev–Trinajstić information content (AvgIpc) is 3.11. The number of urea groups is 1. The number of H-pyrrole nitrogens is 1. The highest BCUT2D eigenvalue weighted by Crippen LogP contribution is 2.48. The van der Waals surface area contributed by atoms with Gasteiger partial charge in [0, 0.05) is 28.7 Å². The minimum Gasteiger partial charge on any atom is -0.361 e.